The van der Waals surface area contributed by atoms with Crippen LogP contribution in [0.2, 0.25) is 0 Å². The molecule has 0 spiro atoms. The van der Waals surface area contributed by atoms with Gasteiger partial charge in [-0.2, -0.15) is 0 Å². The molecular weight excluding hydrogens is 300 g/mol. The molecule has 2 rings (SSSR count). The third kappa shape index (κ3) is 3.14. The van der Waals surface area contributed by atoms with Crippen LogP contribution in [0.1, 0.15) is 25.3 Å². The molecule has 2 heterocycles. The number of aromatic nitrogens is 1. The van der Waals surface area contributed by atoms with E-state index in [-0.39, 0.29) is 5.38 Å². The van der Waals surface area contributed by atoms with Crippen LogP contribution in [-0.2, 0) is 0 Å². The predicted molar refractivity (Wildman–Crippen MR) is 76.9 cm³/mol. The Balaban J connectivity index is 2.03. The zero-order chi connectivity index (χ0) is 12.4. The summed E-state index contributed by atoms with van der Waals surface area (Å²) in [6, 6.07) is 2.15. The Labute approximate surface area is 116 Å². The van der Waals surface area contributed by atoms with Crippen LogP contribution < -0.4 is 4.90 Å². The first kappa shape index (κ1) is 13.2. The maximum atomic E-state index is 6.16. The van der Waals surface area contributed by atoms with Gasteiger partial charge in [0.1, 0.15) is 5.82 Å². The predicted octanol–water partition coefficient (Wildman–Crippen LogP) is 4.00. The Morgan fingerprint density at radius 3 is 2.65 bits per heavy atom. The van der Waals surface area contributed by atoms with E-state index < -0.39 is 0 Å². The summed E-state index contributed by atoms with van der Waals surface area (Å²) < 4.78 is 1.07. The number of hydrogen-bond acceptors (Lipinski definition) is 2. The summed E-state index contributed by atoms with van der Waals surface area (Å²) in [4.78, 5) is 6.84. The van der Waals surface area contributed by atoms with Crippen LogP contribution in [0.4, 0.5) is 5.82 Å². The van der Waals surface area contributed by atoms with Crippen molar-refractivity contribution >= 4 is 33.3 Å². The van der Waals surface area contributed by atoms with Crippen LogP contribution in [0.5, 0.6) is 0 Å². The number of nitrogens with zero attached hydrogens (tertiary/aromatic N) is 2. The second-order valence-electron chi connectivity index (χ2n) is 4.79. The number of rotatable bonds is 2. The molecule has 0 amide bonds. The zero-order valence-electron chi connectivity index (χ0n) is 10.3. The van der Waals surface area contributed by atoms with Gasteiger partial charge in [0.25, 0.3) is 0 Å². The van der Waals surface area contributed by atoms with Crippen LogP contribution in [0.3, 0.4) is 0 Å². The van der Waals surface area contributed by atoms with Crippen LogP contribution in [0.15, 0.2) is 16.7 Å². The Hall–Kier alpha value is -0.280. The molecule has 0 bridgehead atoms. The summed E-state index contributed by atoms with van der Waals surface area (Å²) in [7, 11) is 0. The minimum Gasteiger partial charge on any atom is -0.357 e. The third-order valence-electron chi connectivity index (χ3n) is 3.55. The molecule has 0 aromatic carbocycles. The highest BCUT2D eigenvalue weighted by Crippen LogP contribution is 2.27. The van der Waals surface area contributed by atoms with E-state index in [1.54, 1.807) is 0 Å². The molecule has 1 fully saturated rings. The van der Waals surface area contributed by atoms with E-state index in [2.05, 4.69) is 45.7 Å². The molecular formula is C13H18BrClN2. The van der Waals surface area contributed by atoms with Crippen molar-refractivity contribution < 1.29 is 0 Å². The van der Waals surface area contributed by atoms with Gasteiger partial charge < -0.3 is 4.90 Å². The topological polar surface area (TPSA) is 16.1 Å². The van der Waals surface area contributed by atoms with Crippen LogP contribution in [-0.4, -0.2) is 23.5 Å². The largest absolute Gasteiger partial charge is 0.357 e. The molecule has 1 unspecified atom stereocenters. The van der Waals surface area contributed by atoms with Crippen LogP contribution in [0.25, 0.3) is 0 Å². The number of aryl methyl sites for hydroxylation is 1. The van der Waals surface area contributed by atoms with E-state index in [1.165, 1.54) is 18.4 Å². The van der Waals surface area contributed by atoms with E-state index in [0.29, 0.717) is 5.92 Å². The highest BCUT2D eigenvalue weighted by Gasteiger charge is 2.23. The van der Waals surface area contributed by atoms with Crippen molar-refractivity contribution in [3.8, 4) is 0 Å². The van der Waals surface area contributed by atoms with Gasteiger partial charge >= 0.3 is 0 Å². The minimum absolute atomic E-state index is 0.289. The fourth-order valence-electron chi connectivity index (χ4n) is 2.29. The monoisotopic (exact) mass is 316 g/mol. The number of hydrogen-bond donors (Lipinski definition) is 0. The summed E-state index contributed by atoms with van der Waals surface area (Å²) in [6.45, 7) is 6.33. The molecule has 2 nitrogen and oxygen atoms in total. The van der Waals surface area contributed by atoms with Gasteiger partial charge in [-0.05, 0) is 60.2 Å². The normalized spacial score (nSPS) is 19.4. The van der Waals surface area contributed by atoms with Crippen molar-refractivity contribution in [3.63, 3.8) is 0 Å². The smallest absolute Gasteiger partial charge is 0.128 e. The van der Waals surface area contributed by atoms with Gasteiger partial charge in [0.05, 0.1) is 0 Å². The first-order valence-corrected chi connectivity index (χ1v) is 7.32. The first-order chi connectivity index (χ1) is 8.08. The molecule has 4 heteroatoms. The van der Waals surface area contributed by atoms with Crippen molar-refractivity contribution in [3.05, 3.63) is 22.3 Å². The average Bonchev–Trinajstić information content (AvgIpc) is 2.33. The maximum Gasteiger partial charge on any atom is 0.128 e. The standard InChI is InChI=1S/C13H18BrClN2/c1-9-7-13(16-8-12(9)14)17-5-3-11(4-6-17)10(2)15/h7-8,10-11H,3-6H2,1-2H3. The molecule has 0 aliphatic carbocycles. The lowest BCUT2D eigenvalue weighted by molar-refractivity contribution is 0.398. The highest BCUT2D eigenvalue weighted by atomic mass is 79.9. The van der Waals surface area contributed by atoms with Crippen molar-refractivity contribution in [2.45, 2.75) is 32.1 Å². The Kier molecular flexibility index (Phi) is 4.31. The van der Waals surface area contributed by atoms with Gasteiger partial charge in [-0.3, -0.25) is 0 Å². The summed E-state index contributed by atoms with van der Waals surface area (Å²) in [5.74, 6) is 1.75. The first-order valence-electron chi connectivity index (χ1n) is 6.09. The second-order valence-corrected chi connectivity index (χ2v) is 6.34. The quantitative estimate of drug-likeness (QED) is 0.767. The van der Waals surface area contributed by atoms with E-state index >= 15 is 0 Å². The average molecular weight is 318 g/mol. The minimum atomic E-state index is 0.289. The van der Waals surface area contributed by atoms with E-state index in [9.17, 15) is 0 Å². The molecule has 1 aromatic rings. The van der Waals surface area contributed by atoms with Gasteiger partial charge in [-0.1, -0.05) is 0 Å². The molecule has 1 saturated heterocycles. The molecule has 0 N–H and O–H groups in total. The lowest BCUT2D eigenvalue weighted by Crippen LogP contribution is -2.36. The molecule has 1 aliphatic rings. The van der Waals surface area contributed by atoms with E-state index in [0.717, 1.165) is 23.4 Å². The molecule has 1 aliphatic heterocycles. The molecule has 0 saturated carbocycles. The maximum absolute atomic E-state index is 6.16. The summed E-state index contributed by atoms with van der Waals surface area (Å²) in [6.07, 6.45) is 4.23. The molecule has 1 aromatic heterocycles. The number of alkyl halides is 1. The SMILES string of the molecule is Cc1cc(N2CCC(C(C)Cl)CC2)ncc1Br. The van der Waals surface area contributed by atoms with Gasteiger partial charge in [-0.15, -0.1) is 11.6 Å². The molecule has 17 heavy (non-hydrogen) atoms. The molecule has 0 radical (unpaired) electrons. The Bertz CT molecular complexity index is 387. The van der Waals surface area contributed by atoms with E-state index in [4.69, 9.17) is 11.6 Å². The van der Waals surface area contributed by atoms with Gasteiger partial charge in [0.15, 0.2) is 0 Å². The molecule has 1 atom stereocenters. The van der Waals surface area contributed by atoms with Gasteiger partial charge in [-0.25, -0.2) is 4.98 Å². The van der Waals surface area contributed by atoms with Crippen molar-refractivity contribution in [1.29, 1.82) is 0 Å². The fraction of sp³-hybridized carbons (Fsp3) is 0.615. The van der Waals surface area contributed by atoms with Crippen LogP contribution >= 0.6 is 27.5 Å². The number of anilines is 1. The van der Waals surface area contributed by atoms with Crippen LogP contribution in [0, 0.1) is 12.8 Å². The lowest BCUT2D eigenvalue weighted by Gasteiger charge is -2.34. The Morgan fingerprint density at radius 2 is 2.12 bits per heavy atom. The van der Waals surface area contributed by atoms with Crippen molar-refractivity contribution in [2.24, 2.45) is 5.92 Å². The Morgan fingerprint density at radius 1 is 1.47 bits per heavy atom. The van der Waals surface area contributed by atoms with E-state index in [1.807, 2.05) is 6.20 Å². The molecule has 94 valence electrons. The van der Waals surface area contributed by atoms with Gasteiger partial charge in [0, 0.05) is 29.1 Å². The summed E-state index contributed by atoms with van der Waals surface area (Å²) >= 11 is 9.64. The number of halogens is 2. The van der Waals surface area contributed by atoms with Crippen molar-refractivity contribution in [1.82, 2.24) is 4.98 Å². The zero-order valence-corrected chi connectivity index (χ0v) is 12.6. The van der Waals surface area contributed by atoms with Crippen molar-refractivity contribution in [2.75, 3.05) is 18.0 Å². The van der Waals surface area contributed by atoms with Gasteiger partial charge in [0.2, 0.25) is 0 Å². The lowest BCUT2D eigenvalue weighted by atomic mass is 9.94. The summed E-state index contributed by atoms with van der Waals surface area (Å²) in [5.41, 5.74) is 1.24. The highest BCUT2D eigenvalue weighted by molar-refractivity contribution is 9.10. The number of pyridine rings is 1. The fourth-order valence-corrected chi connectivity index (χ4v) is 2.75. The number of piperidine rings is 1. The second kappa shape index (κ2) is 5.57. The summed E-state index contributed by atoms with van der Waals surface area (Å²) in [5, 5.41) is 0.289. The third-order valence-corrected chi connectivity index (χ3v) is 4.73.